The number of primary amides is 1. The van der Waals surface area contributed by atoms with E-state index in [4.69, 9.17) is 15.2 Å². The van der Waals surface area contributed by atoms with Crippen LogP contribution in [-0.2, 0) is 31.1 Å². The van der Waals surface area contributed by atoms with E-state index in [1.54, 1.807) is 26.4 Å². The van der Waals surface area contributed by atoms with Crippen LogP contribution in [0.1, 0.15) is 29.5 Å². The fourth-order valence-corrected chi connectivity index (χ4v) is 6.02. The highest BCUT2D eigenvalue weighted by Gasteiger charge is 2.70. The van der Waals surface area contributed by atoms with Crippen molar-refractivity contribution >= 4 is 29.3 Å². The van der Waals surface area contributed by atoms with Crippen molar-refractivity contribution in [3.8, 4) is 11.5 Å². The molecule has 0 aliphatic carbocycles. The van der Waals surface area contributed by atoms with Crippen molar-refractivity contribution in [1.82, 2.24) is 10.2 Å². The largest absolute Gasteiger partial charge is 0.493 e. The Hall–Kier alpha value is -3.92. The number of benzene rings is 2. The lowest BCUT2D eigenvalue weighted by Gasteiger charge is -2.29. The van der Waals surface area contributed by atoms with Crippen molar-refractivity contribution in [2.45, 2.75) is 37.8 Å². The average molecular weight is 507 g/mol. The molecule has 194 valence electrons. The van der Waals surface area contributed by atoms with Crippen molar-refractivity contribution in [3.05, 3.63) is 53.1 Å². The molecule has 0 radical (unpaired) electrons. The zero-order valence-corrected chi connectivity index (χ0v) is 21.0. The van der Waals surface area contributed by atoms with Crippen LogP contribution in [0.3, 0.4) is 0 Å². The normalized spacial score (nSPS) is 25.9. The number of carbonyl (C=O) groups is 4. The number of imide groups is 1. The van der Waals surface area contributed by atoms with Crippen LogP contribution in [0.25, 0.3) is 0 Å². The molecule has 4 amide bonds. The van der Waals surface area contributed by atoms with Crippen molar-refractivity contribution in [1.29, 1.82) is 0 Å². The number of carbonyl (C=O) groups excluding carboxylic acids is 4. The summed E-state index contributed by atoms with van der Waals surface area (Å²) >= 11 is 0. The van der Waals surface area contributed by atoms with Crippen LogP contribution >= 0.6 is 0 Å². The number of amides is 4. The summed E-state index contributed by atoms with van der Waals surface area (Å²) in [5, 5.41) is 6.21. The molecule has 2 saturated heterocycles. The number of methoxy groups -OCH3 is 2. The third-order valence-corrected chi connectivity index (χ3v) is 7.74. The molecule has 3 aliphatic rings. The Labute approximate surface area is 214 Å². The van der Waals surface area contributed by atoms with Gasteiger partial charge < -0.3 is 20.5 Å². The molecule has 1 spiro atoms. The lowest BCUT2D eigenvalue weighted by Crippen LogP contribution is -2.53. The predicted octanol–water partition coefficient (Wildman–Crippen LogP) is 1.24. The van der Waals surface area contributed by atoms with Gasteiger partial charge in [-0.3, -0.25) is 29.4 Å². The Morgan fingerprint density at radius 2 is 1.81 bits per heavy atom. The molecule has 3 aliphatic heterocycles. The summed E-state index contributed by atoms with van der Waals surface area (Å²) < 4.78 is 10.7. The van der Waals surface area contributed by atoms with Crippen molar-refractivity contribution in [3.63, 3.8) is 0 Å². The molecule has 0 aromatic heterocycles. The monoisotopic (exact) mass is 506 g/mol. The van der Waals surface area contributed by atoms with E-state index < -0.39 is 35.2 Å². The number of ether oxygens (including phenoxy) is 2. The first-order valence-corrected chi connectivity index (χ1v) is 12.3. The molecule has 2 aromatic carbocycles. The second-order valence-electron chi connectivity index (χ2n) is 9.84. The van der Waals surface area contributed by atoms with Gasteiger partial charge in [0.15, 0.2) is 11.5 Å². The minimum Gasteiger partial charge on any atom is -0.493 e. The summed E-state index contributed by atoms with van der Waals surface area (Å²) in [7, 11) is 3.09. The summed E-state index contributed by atoms with van der Waals surface area (Å²) in [4.78, 5) is 53.9. The Bertz CT molecular complexity index is 1310. The first kappa shape index (κ1) is 24.8. The number of likely N-dealkylation sites (tertiary alicyclic amines) is 1. The van der Waals surface area contributed by atoms with Crippen LogP contribution in [0, 0.1) is 18.8 Å². The van der Waals surface area contributed by atoms with Gasteiger partial charge in [-0.15, -0.1) is 0 Å². The van der Waals surface area contributed by atoms with Crippen LogP contribution in [-0.4, -0.2) is 55.3 Å². The van der Waals surface area contributed by atoms with E-state index in [0.29, 0.717) is 29.2 Å². The Morgan fingerprint density at radius 1 is 1.05 bits per heavy atom. The highest BCUT2D eigenvalue weighted by atomic mass is 16.5. The SMILES string of the molecule is COc1ccc(CCN2C(=O)[C@@H]3[C@@H](CCC(N)=O)N[C@@]4(C(=O)Nc5ccc(C)cc54)[C@H]3C2=O)cc1OC. The van der Waals surface area contributed by atoms with Gasteiger partial charge in [-0.2, -0.15) is 0 Å². The molecule has 10 heteroatoms. The van der Waals surface area contributed by atoms with Crippen molar-refractivity contribution in [2.75, 3.05) is 26.1 Å². The molecule has 2 fully saturated rings. The summed E-state index contributed by atoms with van der Waals surface area (Å²) in [6.07, 6.45) is 0.688. The minimum absolute atomic E-state index is 0.0341. The number of nitrogens with one attached hydrogen (secondary N) is 2. The maximum absolute atomic E-state index is 13.9. The van der Waals surface area contributed by atoms with Crippen LogP contribution in [0.15, 0.2) is 36.4 Å². The minimum atomic E-state index is -1.39. The maximum Gasteiger partial charge on any atom is 0.250 e. The number of fused-ring (bicyclic) bond motifs is 4. The summed E-state index contributed by atoms with van der Waals surface area (Å²) in [6.45, 7) is 2.06. The van der Waals surface area contributed by atoms with E-state index in [1.165, 1.54) is 4.90 Å². The quantitative estimate of drug-likeness (QED) is 0.458. The van der Waals surface area contributed by atoms with Crippen molar-refractivity contribution in [2.24, 2.45) is 17.6 Å². The topological polar surface area (TPSA) is 140 Å². The molecule has 2 aromatic rings. The highest BCUT2D eigenvalue weighted by Crippen LogP contribution is 2.53. The standard InChI is InChI=1S/C27H30N4O6/c1-14-4-6-17-16(12-14)27(26(35)29-17)23-22(18(30-27)7-9-21(28)32)24(33)31(25(23)34)11-10-15-5-8-19(36-2)20(13-15)37-3/h4-6,8,12-13,18,22-23,30H,7,9-11H2,1-3H3,(H2,28,32)(H,29,35)/t18-,22-,23-,27-/m1/s1. The number of rotatable bonds is 8. The number of nitrogens with two attached hydrogens (primary N) is 1. The van der Waals surface area contributed by atoms with E-state index in [2.05, 4.69) is 10.6 Å². The second-order valence-corrected chi connectivity index (χ2v) is 9.84. The molecule has 0 saturated carbocycles. The van der Waals surface area contributed by atoms with Crippen LogP contribution in [0.2, 0.25) is 0 Å². The predicted molar refractivity (Wildman–Crippen MR) is 134 cm³/mol. The lowest BCUT2D eigenvalue weighted by molar-refractivity contribution is -0.142. The molecule has 0 unspecified atom stereocenters. The number of aryl methyl sites for hydroxylation is 1. The number of nitrogens with zero attached hydrogens (tertiary/aromatic N) is 1. The molecular formula is C27H30N4O6. The summed E-state index contributed by atoms with van der Waals surface area (Å²) in [5.41, 5.74) is 7.06. The fraction of sp³-hybridized carbons (Fsp3) is 0.407. The molecule has 0 bridgehead atoms. The van der Waals surface area contributed by atoms with Crippen LogP contribution in [0.4, 0.5) is 5.69 Å². The van der Waals surface area contributed by atoms with E-state index in [-0.39, 0.29) is 31.2 Å². The van der Waals surface area contributed by atoms with Gasteiger partial charge >= 0.3 is 0 Å². The number of hydrogen-bond acceptors (Lipinski definition) is 7. The molecule has 10 nitrogen and oxygen atoms in total. The zero-order chi connectivity index (χ0) is 26.5. The van der Waals surface area contributed by atoms with Gasteiger partial charge in [0, 0.05) is 30.3 Å². The first-order valence-electron chi connectivity index (χ1n) is 12.3. The van der Waals surface area contributed by atoms with Gasteiger partial charge in [0.2, 0.25) is 23.6 Å². The Kier molecular flexibility index (Phi) is 6.15. The fourth-order valence-electron chi connectivity index (χ4n) is 6.02. The first-order chi connectivity index (χ1) is 17.7. The van der Waals surface area contributed by atoms with Gasteiger partial charge in [0.25, 0.3) is 0 Å². The van der Waals surface area contributed by atoms with E-state index in [1.807, 2.05) is 31.2 Å². The Balaban J connectivity index is 1.48. The van der Waals surface area contributed by atoms with Crippen LogP contribution < -0.4 is 25.8 Å². The van der Waals surface area contributed by atoms with Gasteiger partial charge in [0.1, 0.15) is 5.54 Å². The molecule has 4 N–H and O–H groups in total. The zero-order valence-electron chi connectivity index (χ0n) is 21.0. The van der Waals surface area contributed by atoms with Gasteiger partial charge in [0.05, 0.1) is 26.1 Å². The highest BCUT2D eigenvalue weighted by molar-refractivity contribution is 6.15. The van der Waals surface area contributed by atoms with Crippen LogP contribution in [0.5, 0.6) is 11.5 Å². The van der Waals surface area contributed by atoms with E-state index in [9.17, 15) is 19.2 Å². The van der Waals surface area contributed by atoms with Gasteiger partial charge in [-0.1, -0.05) is 23.8 Å². The van der Waals surface area contributed by atoms with E-state index >= 15 is 0 Å². The van der Waals surface area contributed by atoms with Gasteiger partial charge in [-0.25, -0.2) is 0 Å². The molecule has 37 heavy (non-hydrogen) atoms. The smallest absolute Gasteiger partial charge is 0.250 e. The third-order valence-electron chi connectivity index (χ3n) is 7.74. The summed E-state index contributed by atoms with van der Waals surface area (Å²) in [5.74, 6) is -2.18. The molecule has 4 atom stereocenters. The van der Waals surface area contributed by atoms with Gasteiger partial charge in [-0.05, 0) is 43.5 Å². The number of anilines is 1. The Morgan fingerprint density at radius 3 is 2.51 bits per heavy atom. The number of hydrogen-bond donors (Lipinski definition) is 3. The third kappa shape index (κ3) is 3.83. The lowest BCUT2D eigenvalue weighted by atomic mass is 9.76. The summed E-state index contributed by atoms with van der Waals surface area (Å²) in [6, 6.07) is 10.4. The average Bonchev–Trinajstić information content (AvgIpc) is 3.45. The maximum atomic E-state index is 13.9. The molecule has 5 rings (SSSR count). The van der Waals surface area contributed by atoms with Crippen molar-refractivity contribution < 1.29 is 28.7 Å². The molecule has 3 heterocycles. The van der Waals surface area contributed by atoms with E-state index in [0.717, 1.165) is 11.1 Å². The second kappa shape index (κ2) is 9.19. The molecular weight excluding hydrogens is 476 g/mol.